The molecule has 1 aromatic heterocycles. The first kappa shape index (κ1) is 18.1. The summed E-state index contributed by atoms with van der Waals surface area (Å²) < 4.78 is 35.8. The van der Waals surface area contributed by atoms with E-state index < -0.39 is 16.1 Å². The van der Waals surface area contributed by atoms with Crippen molar-refractivity contribution in [2.45, 2.75) is 17.5 Å². The molecule has 2 aromatic carbocycles. The van der Waals surface area contributed by atoms with Crippen molar-refractivity contribution in [3.05, 3.63) is 83.1 Å². The van der Waals surface area contributed by atoms with Crippen LogP contribution in [0.4, 0.5) is 0 Å². The number of benzene rings is 2. The number of hydrogen-bond acceptors (Lipinski definition) is 3. The van der Waals surface area contributed by atoms with Crippen molar-refractivity contribution >= 4 is 21.6 Å². The van der Waals surface area contributed by atoms with Crippen LogP contribution in [0.2, 0.25) is 5.02 Å². The lowest BCUT2D eigenvalue weighted by Crippen LogP contribution is -2.42. The SMILES string of the molecule is COc1ccc(C2c3cccn3CCN2S(=O)(=O)c2ccccc2Cl)cc1. The minimum Gasteiger partial charge on any atom is -0.497 e. The van der Waals surface area contributed by atoms with Gasteiger partial charge in [0.2, 0.25) is 10.0 Å². The van der Waals surface area contributed by atoms with E-state index in [1.807, 2.05) is 42.6 Å². The third-order valence-corrected chi connectivity index (χ3v) is 7.21. The number of nitrogens with zero attached hydrogens (tertiary/aromatic N) is 2. The molecule has 1 aliphatic heterocycles. The first-order valence-corrected chi connectivity index (χ1v) is 10.4. The van der Waals surface area contributed by atoms with Crippen LogP contribution in [-0.4, -0.2) is 30.9 Å². The summed E-state index contributed by atoms with van der Waals surface area (Å²) in [6, 6.07) is 17.5. The molecule has 0 bridgehead atoms. The van der Waals surface area contributed by atoms with Crippen LogP contribution in [0, 0.1) is 0 Å². The topological polar surface area (TPSA) is 51.5 Å². The molecule has 4 rings (SSSR count). The molecule has 0 saturated carbocycles. The number of aromatic nitrogens is 1. The zero-order valence-electron chi connectivity index (χ0n) is 14.7. The van der Waals surface area contributed by atoms with Crippen LogP contribution in [0.3, 0.4) is 0 Å². The van der Waals surface area contributed by atoms with E-state index in [-0.39, 0.29) is 9.92 Å². The van der Waals surface area contributed by atoms with Gasteiger partial charge in [0, 0.05) is 25.0 Å². The van der Waals surface area contributed by atoms with Crippen LogP contribution >= 0.6 is 11.6 Å². The molecule has 27 heavy (non-hydrogen) atoms. The minimum atomic E-state index is -3.77. The molecule has 1 atom stereocenters. The molecule has 1 unspecified atom stereocenters. The Kier molecular flexibility index (Phi) is 4.72. The molecular weight excluding hydrogens is 384 g/mol. The van der Waals surface area contributed by atoms with Gasteiger partial charge in [-0.05, 0) is 42.0 Å². The second-order valence-electron chi connectivity index (χ2n) is 6.35. The van der Waals surface area contributed by atoms with Crippen LogP contribution < -0.4 is 4.74 Å². The van der Waals surface area contributed by atoms with E-state index in [4.69, 9.17) is 16.3 Å². The van der Waals surface area contributed by atoms with Gasteiger partial charge in [0.15, 0.2) is 0 Å². The molecule has 7 heteroatoms. The van der Waals surface area contributed by atoms with E-state index in [9.17, 15) is 8.42 Å². The lowest BCUT2D eigenvalue weighted by Gasteiger charge is -2.36. The van der Waals surface area contributed by atoms with Crippen molar-refractivity contribution in [1.82, 2.24) is 8.87 Å². The highest BCUT2D eigenvalue weighted by Gasteiger charge is 2.38. The van der Waals surface area contributed by atoms with Crippen molar-refractivity contribution < 1.29 is 13.2 Å². The highest BCUT2D eigenvalue weighted by atomic mass is 35.5. The first-order chi connectivity index (χ1) is 13.0. The maximum Gasteiger partial charge on any atom is 0.245 e. The fraction of sp³-hybridized carbons (Fsp3) is 0.200. The maximum atomic E-state index is 13.5. The van der Waals surface area contributed by atoms with Gasteiger partial charge in [-0.3, -0.25) is 0 Å². The van der Waals surface area contributed by atoms with Crippen LogP contribution in [0.1, 0.15) is 17.3 Å². The second kappa shape index (κ2) is 7.03. The van der Waals surface area contributed by atoms with E-state index >= 15 is 0 Å². The fourth-order valence-corrected chi connectivity index (χ4v) is 5.60. The molecule has 5 nitrogen and oxygen atoms in total. The highest BCUT2D eigenvalue weighted by Crippen LogP contribution is 2.38. The largest absolute Gasteiger partial charge is 0.497 e. The van der Waals surface area contributed by atoms with Gasteiger partial charge in [-0.15, -0.1) is 0 Å². The van der Waals surface area contributed by atoms with Crippen LogP contribution in [0.5, 0.6) is 5.75 Å². The summed E-state index contributed by atoms with van der Waals surface area (Å²) in [6.45, 7) is 0.963. The van der Waals surface area contributed by atoms with Crippen molar-refractivity contribution in [3.63, 3.8) is 0 Å². The molecule has 0 N–H and O–H groups in total. The summed E-state index contributed by atoms with van der Waals surface area (Å²) in [5.74, 6) is 0.727. The summed E-state index contributed by atoms with van der Waals surface area (Å²) >= 11 is 6.21. The lowest BCUT2D eigenvalue weighted by molar-refractivity contribution is 0.298. The Labute approximate surface area is 163 Å². The van der Waals surface area contributed by atoms with Crippen molar-refractivity contribution in [2.75, 3.05) is 13.7 Å². The van der Waals surface area contributed by atoms with Gasteiger partial charge in [0.25, 0.3) is 0 Å². The predicted octanol–water partition coefficient (Wildman–Crippen LogP) is 3.94. The first-order valence-electron chi connectivity index (χ1n) is 8.58. The van der Waals surface area contributed by atoms with Gasteiger partial charge in [-0.25, -0.2) is 8.42 Å². The van der Waals surface area contributed by atoms with Crippen LogP contribution in [-0.2, 0) is 16.6 Å². The lowest BCUT2D eigenvalue weighted by atomic mass is 10.0. The van der Waals surface area contributed by atoms with Crippen LogP contribution in [0.15, 0.2) is 71.8 Å². The fourth-order valence-electron chi connectivity index (χ4n) is 3.52. The zero-order chi connectivity index (χ0) is 19.0. The Bertz CT molecular complexity index is 1060. The monoisotopic (exact) mass is 402 g/mol. The summed E-state index contributed by atoms with van der Waals surface area (Å²) in [4.78, 5) is 0.130. The quantitative estimate of drug-likeness (QED) is 0.664. The minimum absolute atomic E-state index is 0.130. The van der Waals surface area contributed by atoms with E-state index in [1.165, 1.54) is 4.31 Å². The highest BCUT2D eigenvalue weighted by molar-refractivity contribution is 7.89. The summed E-state index contributed by atoms with van der Waals surface area (Å²) in [7, 11) is -2.16. The van der Waals surface area contributed by atoms with Gasteiger partial charge in [0.05, 0.1) is 18.2 Å². The molecule has 0 fully saturated rings. The van der Waals surface area contributed by atoms with Crippen molar-refractivity contribution in [2.24, 2.45) is 0 Å². The van der Waals surface area contributed by atoms with Gasteiger partial charge < -0.3 is 9.30 Å². The number of ether oxygens (including phenoxy) is 1. The third-order valence-electron chi connectivity index (χ3n) is 4.85. The van der Waals surface area contributed by atoms with E-state index in [0.29, 0.717) is 13.1 Å². The summed E-state index contributed by atoms with van der Waals surface area (Å²) in [6.07, 6.45) is 1.98. The average molecular weight is 403 g/mol. The standard InChI is InChI=1S/C20H19ClN2O3S/c1-26-16-10-8-15(9-11-16)20-18-6-4-12-22(18)13-14-23(20)27(24,25)19-7-3-2-5-17(19)21/h2-12,20H,13-14H2,1H3. The Morgan fingerprint density at radius 1 is 1.00 bits per heavy atom. The molecule has 140 valence electrons. The molecule has 0 amide bonds. The van der Waals surface area contributed by atoms with E-state index in [1.54, 1.807) is 31.4 Å². The third kappa shape index (κ3) is 3.14. The number of sulfonamides is 1. The normalized spacial score (nSPS) is 17.5. The van der Waals surface area contributed by atoms with E-state index in [2.05, 4.69) is 4.57 Å². The number of hydrogen-bond donors (Lipinski definition) is 0. The number of fused-ring (bicyclic) bond motifs is 1. The number of halogens is 1. The molecule has 2 heterocycles. The molecule has 3 aromatic rings. The number of rotatable bonds is 4. The Balaban J connectivity index is 1.85. The summed E-state index contributed by atoms with van der Waals surface area (Å²) in [5, 5.41) is 0.229. The van der Waals surface area contributed by atoms with Gasteiger partial charge in [0.1, 0.15) is 10.6 Å². The van der Waals surface area contributed by atoms with Gasteiger partial charge >= 0.3 is 0 Å². The predicted molar refractivity (Wildman–Crippen MR) is 105 cm³/mol. The molecule has 0 spiro atoms. The molecule has 0 aliphatic carbocycles. The zero-order valence-corrected chi connectivity index (χ0v) is 16.3. The second-order valence-corrected chi connectivity index (χ2v) is 8.61. The molecular formula is C20H19ClN2O3S. The smallest absolute Gasteiger partial charge is 0.245 e. The Morgan fingerprint density at radius 2 is 1.74 bits per heavy atom. The molecule has 0 radical (unpaired) electrons. The van der Waals surface area contributed by atoms with Crippen molar-refractivity contribution in [3.8, 4) is 5.75 Å². The molecule has 0 saturated heterocycles. The Morgan fingerprint density at radius 3 is 2.44 bits per heavy atom. The van der Waals surface area contributed by atoms with Crippen molar-refractivity contribution in [1.29, 1.82) is 0 Å². The maximum absolute atomic E-state index is 13.5. The van der Waals surface area contributed by atoms with Crippen LogP contribution in [0.25, 0.3) is 0 Å². The van der Waals surface area contributed by atoms with E-state index in [0.717, 1.165) is 17.0 Å². The molecule has 1 aliphatic rings. The summed E-state index contributed by atoms with van der Waals surface area (Å²) in [5.41, 5.74) is 1.81. The number of methoxy groups -OCH3 is 1. The average Bonchev–Trinajstić information content (AvgIpc) is 3.16. The van der Waals surface area contributed by atoms with Gasteiger partial charge in [-0.2, -0.15) is 4.31 Å². The van der Waals surface area contributed by atoms with Gasteiger partial charge in [-0.1, -0.05) is 35.9 Å². The Hall–Kier alpha value is -2.28.